The molecule has 0 aliphatic rings. The molecule has 0 bridgehead atoms. The summed E-state index contributed by atoms with van der Waals surface area (Å²) in [7, 11) is 3.17. The van der Waals surface area contributed by atoms with Gasteiger partial charge in [-0.15, -0.1) is 0 Å². The van der Waals surface area contributed by atoms with E-state index in [1.165, 1.54) is 0 Å². The van der Waals surface area contributed by atoms with Gasteiger partial charge in [0, 0.05) is 12.1 Å². The van der Waals surface area contributed by atoms with E-state index in [1.807, 2.05) is 18.2 Å². The fourth-order valence-corrected chi connectivity index (χ4v) is 3.75. The molecule has 0 spiro atoms. The van der Waals surface area contributed by atoms with Crippen LogP contribution in [-0.2, 0) is 13.0 Å². The molecule has 1 amide bonds. The van der Waals surface area contributed by atoms with Crippen LogP contribution in [0.2, 0.25) is 0 Å². The molecule has 4 aromatic rings. The zero-order valence-corrected chi connectivity index (χ0v) is 19.0. The predicted octanol–water partition coefficient (Wildman–Crippen LogP) is 2.73. The summed E-state index contributed by atoms with van der Waals surface area (Å²) < 4.78 is 11.7. The number of nitrogens with one attached hydrogen (secondary N) is 2. The lowest BCUT2D eigenvalue weighted by atomic mass is 10.1. The Labute approximate surface area is 195 Å². The summed E-state index contributed by atoms with van der Waals surface area (Å²) in [6.07, 6.45) is 0.637. The van der Waals surface area contributed by atoms with E-state index in [4.69, 9.17) is 9.47 Å². The molecule has 0 radical (unpaired) electrons. The molecule has 0 saturated heterocycles. The molecule has 8 heteroatoms. The number of H-pyrrole nitrogens is 1. The maximum absolute atomic E-state index is 12.7. The van der Waals surface area contributed by atoms with Gasteiger partial charge in [-0.25, -0.2) is 4.79 Å². The highest BCUT2D eigenvalue weighted by Crippen LogP contribution is 2.27. The number of para-hydroxylation sites is 1. The second-order valence-electron chi connectivity index (χ2n) is 7.76. The van der Waals surface area contributed by atoms with Crippen LogP contribution in [0.25, 0.3) is 10.9 Å². The number of rotatable bonds is 8. The van der Waals surface area contributed by atoms with Crippen molar-refractivity contribution in [1.82, 2.24) is 14.9 Å². The fraction of sp³-hybridized carbons (Fsp3) is 0.192. The lowest BCUT2D eigenvalue weighted by molar-refractivity contribution is 0.0954. The summed E-state index contributed by atoms with van der Waals surface area (Å²) in [4.78, 5) is 40.3. The SMILES string of the molecule is COc1ccc(CCNC(=O)c2ccc(Cn3c(=O)[nH]c4ccccc4c3=O)cc2)cc1OC. The van der Waals surface area contributed by atoms with Gasteiger partial charge in [0.1, 0.15) is 0 Å². The molecule has 0 saturated carbocycles. The van der Waals surface area contributed by atoms with Gasteiger partial charge >= 0.3 is 5.69 Å². The van der Waals surface area contributed by atoms with Gasteiger partial charge in [0.05, 0.1) is 31.7 Å². The van der Waals surface area contributed by atoms with Gasteiger partial charge in [-0.1, -0.05) is 30.3 Å². The molecule has 2 N–H and O–H groups in total. The summed E-state index contributed by atoms with van der Waals surface area (Å²) in [6.45, 7) is 0.568. The van der Waals surface area contributed by atoms with Gasteiger partial charge in [-0.3, -0.25) is 14.2 Å². The molecule has 34 heavy (non-hydrogen) atoms. The Morgan fingerprint density at radius 1 is 0.912 bits per heavy atom. The molecule has 0 aliphatic heterocycles. The van der Waals surface area contributed by atoms with Crippen LogP contribution in [0, 0.1) is 0 Å². The molecule has 4 rings (SSSR count). The Bertz CT molecular complexity index is 1440. The number of benzene rings is 3. The minimum Gasteiger partial charge on any atom is -0.493 e. The number of aromatic nitrogens is 2. The number of amides is 1. The topological polar surface area (TPSA) is 102 Å². The molecule has 0 aliphatic carbocycles. The summed E-state index contributed by atoms with van der Waals surface area (Å²) in [5, 5.41) is 3.35. The van der Waals surface area contributed by atoms with Crippen molar-refractivity contribution in [3.63, 3.8) is 0 Å². The van der Waals surface area contributed by atoms with E-state index in [-0.39, 0.29) is 18.0 Å². The molecular weight excluding hydrogens is 434 g/mol. The van der Waals surface area contributed by atoms with E-state index in [0.29, 0.717) is 40.9 Å². The number of nitrogens with zero attached hydrogens (tertiary/aromatic N) is 1. The average Bonchev–Trinajstić information content (AvgIpc) is 2.86. The molecule has 174 valence electrons. The standard InChI is InChI=1S/C26H25N3O5/c1-33-22-12-9-17(15-23(22)34-2)13-14-27-24(30)19-10-7-18(8-11-19)16-29-25(31)20-5-3-4-6-21(20)28-26(29)32/h3-12,15H,13-14,16H2,1-2H3,(H,27,30)(H,28,32). The minimum atomic E-state index is -0.472. The number of methoxy groups -OCH3 is 2. The number of ether oxygens (including phenoxy) is 2. The molecule has 1 heterocycles. The van der Waals surface area contributed by atoms with Gasteiger partial charge in [-0.2, -0.15) is 0 Å². The summed E-state index contributed by atoms with van der Waals surface area (Å²) in [5.74, 6) is 1.10. The van der Waals surface area contributed by atoms with Gasteiger partial charge in [0.15, 0.2) is 11.5 Å². The van der Waals surface area contributed by atoms with Crippen LogP contribution in [-0.4, -0.2) is 36.2 Å². The Hall–Kier alpha value is -4.33. The van der Waals surface area contributed by atoms with E-state index in [0.717, 1.165) is 15.7 Å². The molecular formula is C26H25N3O5. The van der Waals surface area contributed by atoms with Crippen molar-refractivity contribution in [1.29, 1.82) is 0 Å². The Balaban J connectivity index is 1.39. The zero-order chi connectivity index (χ0) is 24.1. The number of hydrogen-bond acceptors (Lipinski definition) is 5. The van der Waals surface area contributed by atoms with E-state index in [9.17, 15) is 14.4 Å². The Kier molecular flexibility index (Phi) is 6.77. The van der Waals surface area contributed by atoms with Gasteiger partial charge in [0.25, 0.3) is 11.5 Å². The number of carbonyl (C=O) groups is 1. The van der Waals surface area contributed by atoms with Crippen LogP contribution in [0.1, 0.15) is 21.5 Å². The monoisotopic (exact) mass is 459 g/mol. The van der Waals surface area contributed by atoms with Crippen molar-refractivity contribution < 1.29 is 14.3 Å². The van der Waals surface area contributed by atoms with Crippen LogP contribution in [0.5, 0.6) is 11.5 Å². The van der Waals surface area contributed by atoms with Crippen LogP contribution in [0.15, 0.2) is 76.3 Å². The third-order valence-electron chi connectivity index (χ3n) is 5.59. The maximum Gasteiger partial charge on any atom is 0.329 e. The van der Waals surface area contributed by atoms with Gasteiger partial charge < -0.3 is 19.8 Å². The maximum atomic E-state index is 12.7. The fourth-order valence-electron chi connectivity index (χ4n) is 3.75. The second-order valence-corrected chi connectivity index (χ2v) is 7.76. The zero-order valence-electron chi connectivity index (χ0n) is 19.0. The highest BCUT2D eigenvalue weighted by Gasteiger charge is 2.10. The molecule has 8 nitrogen and oxygen atoms in total. The number of aromatic amines is 1. The van der Waals surface area contributed by atoms with Crippen molar-refractivity contribution in [2.24, 2.45) is 0 Å². The first-order chi connectivity index (χ1) is 16.5. The third-order valence-corrected chi connectivity index (χ3v) is 5.59. The lowest BCUT2D eigenvalue weighted by Gasteiger charge is -2.10. The first kappa shape index (κ1) is 22.8. The number of carbonyl (C=O) groups excluding carboxylic acids is 1. The average molecular weight is 460 g/mol. The van der Waals surface area contributed by atoms with E-state index in [1.54, 1.807) is 62.8 Å². The van der Waals surface area contributed by atoms with Gasteiger partial charge in [0.2, 0.25) is 0 Å². The summed E-state index contributed by atoms with van der Waals surface area (Å²) in [6, 6.07) is 19.4. The predicted molar refractivity (Wildman–Crippen MR) is 130 cm³/mol. The summed E-state index contributed by atoms with van der Waals surface area (Å²) >= 11 is 0. The molecule has 0 fully saturated rings. The van der Waals surface area contributed by atoms with Crippen LogP contribution >= 0.6 is 0 Å². The normalized spacial score (nSPS) is 10.8. The largest absolute Gasteiger partial charge is 0.493 e. The minimum absolute atomic E-state index is 0.111. The van der Waals surface area contributed by atoms with Crippen molar-refractivity contribution in [3.05, 3.63) is 104 Å². The first-order valence-electron chi connectivity index (χ1n) is 10.8. The van der Waals surface area contributed by atoms with Gasteiger partial charge in [-0.05, 0) is 53.9 Å². The molecule has 3 aromatic carbocycles. The van der Waals surface area contributed by atoms with Crippen LogP contribution in [0.4, 0.5) is 0 Å². The number of fused-ring (bicyclic) bond motifs is 1. The first-order valence-corrected chi connectivity index (χ1v) is 10.8. The van der Waals surface area contributed by atoms with E-state index >= 15 is 0 Å². The van der Waals surface area contributed by atoms with Crippen LogP contribution in [0.3, 0.4) is 0 Å². The highest BCUT2D eigenvalue weighted by atomic mass is 16.5. The van der Waals surface area contributed by atoms with Crippen LogP contribution < -0.4 is 26.0 Å². The number of hydrogen-bond donors (Lipinski definition) is 2. The van der Waals surface area contributed by atoms with Crippen molar-refractivity contribution in [2.75, 3.05) is 20.8 Å². The third kappa shape index (κ3) is 4.85. The quantitative estimate of drug-likeness (QED) is 0.422. The second kappa shape index (κ2) is 10.1. The van der Waals surface area contributed by atoms with Crippen molar-refractivity contribution in [2.45, 2.75) is 13.0 Å². The van der Waals surface area contributed by atoms with E-state index < -0.39 is 5.69 Å². The van der Waals surface area contributed by atoms with E-state index in [2.05, 4.69) is 10.3 Å². The smallest absolute Gasteiger partial charge is 0.329 e. The summed E-state index contributed by atoms with van der Waals surface area (Å²) in [5.41, 5.74) is 1.94. The molecule has 1 aromatic heterocycles. The lowest BCUT2D eigenvalue weighted by Crippen LogP contribution is -2.35. The van der Waals surface area contributed by atoms with Crippen molar-refractivity contribution in [3.8, 4) is 11.5 Å². The molecule has 0 atom stereocenters. The van der Waals surface area contributed by atoms with Crippen molar-refractivity contribution >= 4 is 16.8 Å². The Morgan fingerprint density at radius 3 is 2.35 bits per heavy atom. The Morgan fingerprint density at radius 2 is 1.62 bits per heavy atom. The molecule has 0 unspecified atom stereocenters. The highest BCUT2D eigenvalue weighted by molar-refractivity contribution is 5.94.